The summed E-state index contributed by atoms with van der Waals surface area (Å²) in [5, 5.41) is 11.9. The molecule has 2 aromatic rings. The predicted molar refractivity (Wildman–Crippen MR) is 75.3 cm³/mol. The Kier molecular flexibility index (Phi) is 3.84. The van der Waals surface area contributed by atoms with Crippen molar-refractivity contribution in [3.05, 3.63) is 51.9 Å². The fourth-order valence-electron chi connectivity index (χ4n) is 1.84. The molecule has 6 heteroatoms. The molecule has 0 aliphatic heterocycles. The van der Waals surface area contributed by atoms with Crippen LogP contribution in [0.3, 0.4) is 0 Å². The number of aliphatic carboxylic acids is 1. The van der Waals surface area contributed by atoms with E-state index in [9.17, 15) is 9.59 Å². The number of nitrogens with zero attached hydrogens (tertiary/aromatic N) is 2. The van der Waals surface area contributed by atoms with E-state index in [2.05, 4.69) is 10.3 Å². The summed E-state index contributed by atoms with van der Waals surface area (Å²) < 4.78 is 1.10. The number of aromatic nitrogens is 2. The summed E-state index contributed by atoms with van der Waals surface area (Å²) in [4.78, 5) is 27.0. The van der Waals surface area contributed by atoms with Crippen LogP contribution in [0, 0.1) is 13.8 Å². The van der Waals surface area contributed by atoms with Crippen molar-refractivity contribution in [1.82, 2.24) is 9.55 Å². The summed E-state index contributed by atoms with van der Waals surface area (Å²) in [5.41, 5.74) is 1.90. The highest BCUT2D eigenvalue weighted by Crippen LogP contribution is 2.18. The van der Waals surface area contributed by atoms with Crippen molar-refractivity contribution in [2.45, 2.75) is 20.4 Å². The van der Waals surface area contributed by atoms with E-state index < -0.39 is 18.1 Å². The normalized spacial score (nSPS) is 10.3. The molecule has 0 spiro atoms. The van der Waals surface area contributed by atoms with Gasteiger partial charge in [-0.05, 0) is 25.5 Å². The molecule has 2 N–H and O–H groups in total. The lowest BCUT2D eigenvalue weighted by atomic mass is 10.2. The van der Waals surface area contributed by atoms with Crippen molar-refractivity contribution >= 4 is 17.6 Å². The van der Waals surface area contributed by atoms with Gasteiger partial charge >= 0.3 is 5.97 Å². The number of rotatable bonds is 4. The number of hydrogen-bond acceptors (Lipinski definition) is 4. The molecule has 0 unspecified atom stereocenters. The number of carboxylic acids is 1. The molecular formula is C14H15N3O3. The van der Waals surface area contributed by atoms with Gasteiger partial charge in [0, 0.05) is 17.4 Å². The SMILES string of the molecule is Cc1cc(=O)n(CC(=O)O)c(Nc2ccccc2C)n1. The van der Waals surface area contributed by atoms with Gasteiger partial charge in [-0.1, -0.05) is 18.2 Å². The van der Waals surface area contributed by atoms with Crippen LogP contribution in [0.15, 0.2) is 35.1 Å². The average Bonchev–Trinajstić information content (AvgIpc) is 2.36. The molecule has 0 aliphatic rings. The van der Waals surface area contributed by atoms with Gasteiger partial charge < -0.3 is 10.4 Å². The van der Waals surface area contributed by atoms with E-state index in [-0.39, 0.29) is 5.95 Å². The second-order valence-electron chi connectivity index (χ2n) is 4.48. The first-order valence-corrected chi connectivity index (χ1v) is 6.10. The summed E-state index contributed by atoms with van der Waals surface area (Å²) in [5.74, 6) is -0.864. The Balaban J connectivity index is 2.47. The first-order valence-electron chi connectivity index (χ1n) is 6.10. The van der Waals surface area contributed by atoms with E-state index in [0.717, 1.165) is 15.8 Å². The van der Waals surface area contributed by atoms with Gasteiger partial charge in [-0.15, -0.1) is 0 Å². The van der Waals surface area contributed by atoms with Crippen LogP contribution < -0.4 is 10.9 Å². The first-order chi connectivity index (χ1) is 9.47. The highest BCUT2D eigenvalue weighted by atomic mass is 16.4. The molecule has 20 heavy (non-hydrogen) atoms. The number of carboxylic acid groups (broad SMARTS) is 1. The summed E-state index contributed by atoms with van der Waals surface area (Å²) in [6.07, 6.45) is 0. The van der Waals surface area contributed by atoms with E-state index in [1.54, 1.807) is 6.92 Å². The maximum atomic E-state index is 11.9. The topological polar surface area (TPSA) is 84.2 Å². The average molecular weight is 273 g/mol. The van der Waals surface area contributed by atoms with E-state index in [1.807, 2.05) is 31.2 Å². The molecule has 0 atom stereocenters. The third-order valence-corrected chi connectivity index (χ3v) is 2.82. The lowest BCUT2D eigenvalue weighted by molar-refractivity contribution is -0.137. The number of anilines is 2. The van der Waals surface area contributed by atoms with Crippen LogP contribution in [-0.2, 0) is 11.3 Å². The van der Waals surface area contributed by atoms with Crippen molar-refractivity contribution < 1.29 is 9.90 Å². The molecule has 1 heterocycles. The van der Waals surface area contributed by atoms with E-state index in [0.29, 0.717) is 5.69 Å². The molecule has 0 fully saturated rings. The van der Waals surface area contributed by atoms with Crippen LogP contribution in [0.2, 0.25) is 0 Å². The fourth-order valence-corrected chi connectivity index (χ4v) is 1.84. The molecule has 0 radical (unpaired) electrons. The maximum Gasteiger partial charge on any atom is 0.323 e. The minimum Gasteiger partial charge on any atom is -0.480 e. The minimum absolute atomic E-state index is 0.228. The predicted octanol–water partition coefficient (Wildman–Crippen LogP) is 1.69. The molecule has 1 aromatic carbocycles. The number of nitrogens with one attached hydrogen (secondary N) is 1. The van der Waals surface area contributed by atoms with Crippen LogP contribution in [0.4, 0.5) is 11.6 Å². The van der Waals surface area contributed by atoms with E-state index in [1.165, 1.54) is 6.07 Å². The highest BCUT2D eigenvalue weighted by molar-refractivity contribution is 5.68. The molecular weight excluding hydrogens is 258 g/mol. The number of para-hydroxylation sites is 1. The molecule has 0 saturated carbocycles. The van der Waals surface area contributed by atoms with Gasteiger partial charge in [0.05, 0.1) is 0 Å². The molecule has 0 amide bonds. The Morgan fingerprint density at radius 2 is 2.05 bits per heavy atom. The fraction of sp³-hybridized carbons (Fsp3) is 0.214. The number of benzene rings is 1. The minimum atomic E-state index is -1.09. The zero-order valence-corrected chi connectivity index (χ0v) is 11.3. The van der Waals surface area contributed by atoms with Crippen molar-refractivity contribution in [2.75, 3.05) is 5.32 Å². The lowest BCUT2D eigenvalue weighted by Gasteiger charge is -2.14. The van der Waals surface area contributed by atoms with Crippen molar-refractivity contribution in [3.8, 4) is 0 Å². The molecule has 0 saturated heterocycles. The summed E-state index contributed by atoms with van der Waals surface area (Å²) in [6, 6.07) is 8.82. The molecule has 1 aromatic heterocycles. The third kappa shape index (κ3) is 3.03. The Morgan fingerprint density at radius 3 is 2.70 bits per heavy atom. The Morgan fingerprint density at radius 1 is 1.35 bits per heavy atom. The third-order valence-electron chi connectivity index (χ3n) is 2.82. The van der Waals surface area contributed by atoms with Crippen molar-refractivity contribution in [2.24, 2.45) is 0 Å². The summed E-state index contributed by atoms with van der Waals surface area (Å²) in [7, 11) is 0. The number of aryl methyl sites for hydroxylation is 2. The summed E-state index contributed by atoms with van der Waals surface area (Å²) in [6.45, 7) is 3.17. The van der Waals surface area contributed by atoms with E-state index >= 15 is 0 Å². The van der Waals surface area contributed by atoms with Crippen LogP contribution in [0.5, 0.6) is 0 Å². The highest BCUT2D eigenvalue weighted by Gasteiger charge is 2.11. The van der Waals surface area contributed by atoms with Crippen LogP contribution >= 0.6 is 0 Å². The zero-order chi connectivity index (χ0) is 14.7. The van der Waals surface area contributed by atoms with Crippen LogP contribution in [0.25, 0.3) is 0 Å². The van der Waals surface area contributed by atoms with Gasteiger partial charge in [-0.2, -0.15) is 0 Å². The second-order valence-corrected chi connectivity index (χ2v) is 4.48. The van der Waals surface area contributed by atoms with Crippen molar-refractivity contribution in [1.29, 1.82) is 0 Å². The van der Waals surface area contributed by atoms with Gasteiger partial charge in [-0.3, -0.25) is 14.2 Å². The first kappa shape index (κ1) is 13.8. The van der Waals surface area contributed by atoms with Gasteiger partial charge in [0.25, 0.3) is 5.56 Å². The van der Waals surface area contributed by atoms with Gasteiger partial charge in [0.15, 0.2) is 0 Å². The molecule has 0 bridgehead atoms. The van der Waals surface area contributed by atoms with Gasteiger partial charge in [0.1, 0.15) is 6.54 Å². The van der Waals surface area contributed by atoms with Crippen molar-refractivity contribution in [3.63, 3.8) is 0 Å². The Labute approximate surface area is 115 Å². The lowest BCUT2D eigenvalue weighted by Crippen LogP contribution is -2.27. The smallest absolute Gasteiger partial charge is 0.323 e. The zero-order valence-electron chi connectivity index (χ0n) is 11.3. The molecule has 0 aliphatic carbocycles. The Bertz CT molecular complexity index is 707. The number of hydrogen-bond donors (Lipinski definition) is 2. The standard InChI is InChI=1S/C14H15N3O3/c1-9-5-3-4-6-11(9)16-14-15-10(2)7-12(18)17(14)8-13(19)20/h3-7H,8H2,1-2H3,(H,15,16)(H,19,20). The van der Waals surface area contributed by atoms with Crippen LogP contribution in [0.1, 0.15) is 11.3 Å². The number of carbonyl (C=O) groups is 1. The van der Waals surface area contributed by atoms with Crippen LogP contribution in [-0.4, -0.2) is 20.6 Å². The largest absolute Gasteiger partial charge is 0.480 e. The molecule has 2 rings (SSSR count). The van der Waals surface area contributed by atoms with Gasteiger partial charge in [-0.25, -0.2) is 4.98 Å². The molecule has 6 nitrogen and oxygen atoms in total. The molecule has 104 valence electrons. The Hall–Kier alpha value is -2.63. The quantitative estimate of drug-likeness (QED) is 0.885. The van der Waals surface area contributed by atoms with E-state index in [4.69, 9.17) is 5.11 Å². The monoisotopic (exact) mass is 273 g/mol. The van der Waals surface area contributed by atoms with Gasteiger partial charge in [0.2, 0.25) is 5.95 Å². The maximum absolute atomic E-state index is 11.9. The second kappa shape index (κ2) is 5.56. The summed E-state index contributed by atoms with van der Waals surface area (Å²) >= 11 is 0.